The summed E-state index contributed by atoms with van der Waals surface area (Å²) in [6.45, 7) is 2.58. The maximum atomic E-state index is 11.8. The van der Waals surface area contributed by atoms with Crippen molar-refractivity contribution in [2.45, 2.75) is 17.7 Å². The van der Waals surface area contributed by atoms with Crippen molar-refractivity contribution in [3.05, 3.63) is 70.1 Å². The van der Waals surface area contributed by atoms with Gasteiger partial charge in [0.05, 0.1) is 16.1 Å². The van der Waals surface area contributed by atoms with Crippen molar-refractivity contribution in [1.82, 2.24) is 19.7 Å². The minimum atomic E-state index is -0.923. The number of hydrogen-bond donors (Lipinski definition) is 2. The summed E-state index contributed by atoms with van der Waals surface area (Å²) in [7, 11) is 0. The standard InChI is InChI=1S/C23H18N4O3S3/c1-2-32-22-17-18(19(33-22)21(28)29)27(12-24-17)11-13-7-9-14(10-8-13)15-5-3-4-6-16(15)20-25-23(31)30-26-20/h3-10,12H,2,11H2,1H3,(H,28,29)(H,25,26,31). The van der Waals surface area contributed by atoms with E-state index in [1.807, 2.05) is 60.0 Å². The van der Waals surface area contributed by atoms with E-state index in [4.69, 9.17) is 16.7 Å². The number of imidazole rings is 1. The highest BCUT2D eigenvalue weighted by atomic mass is 32.2. The summed E-state index contributed by atoms with van der Waals surface area (Å²) >= 11 is 7.90. The minimum absolute atomic E-state index is 0.163. The number of thioether (sulfide) groups is 1. The quantitative estimate of drug-likeness (QED) is 0.201. The Bertz CT molecular complexity index is 1510. The van der Waals surface area contributed by atoms with Crippen LogP contribution in [0.2, 0.25) is 0 Å². The molecule has 0 aliphatic rings. The molecule has 166 valence electrons. The van der Waals surface area contributed by atoms with E-state index >= 15 is 0 Å². The Hall–Kier alpha value is -3.21. The van der Waals surface area contributed by atoms with Gasteiger partial charge in [0.15, 0.2) is 5.82 Å². The molecule has 0 bridgehead atoms. The van der Waals surface area contributed by atoms with Gasteiger partial charge in [-0.15, -0.1) is 23.1 Å². The fourth-order valence-electron chi connectivity index (χ4n) is 3.72. The Labute approximate surface area is 202 Å². The number of fused-ring (bicyclic) bond motifs is 1. The zero-order valence-corrected chi connectivity index (χ0v) is 19.9. The zero-order valence-electron chi connectivity index (χ0n) is 17.4. The van der Waals surface area contributed by atoms with Crippen molar-refractivity contribution in [3.63, 3.8) is 0 Å². The summed E-state index contributed by atoms with van der Waals surface area (Å²) in [5.41, 5.74) is 5.41. The van der Waals surface area contributed by atoms with Crippen LogP contribution in [0.3, 0.4) is 0 Å². The van der Waals surface area contributed by atoms with E-state index in [1.54, 1.807) is 18.1 Å². The highest BCUT2D eigenvalue weighted by Gasteiger charge is 2.21. The molecule has 0 spiro atoms. The molecule has 33 heavy (non-hydrogen) atoms. The molecule has 2 N–H and O–H groups in total. The molecule has 7 nitrogen and oxygen atoms in total. The Morgan fingerprint density at radius 1 is 1.21 bits per heavy atom. The molecule has 5 aromatic rings. The van der Waals surface area contributed by atoms with E-state index < -0.39 is 5.97 Å². The molecule has 0 unspecified atom stereocenters. The van der Waals surface area contributed by atoms with Gasteiger partial charge in [-0.1, -0.05) is 55.5 Å². The first kappa shape index (κ1) is 21.6. The van der Waals surface area contributed by atoms with Crippen LogP contribution in [0.15, 0.2) is 63.6 Å². The van der Waals surface area contributed by atoms with Crippen molar-refractivity contribution in [2.24, 2.45) is 0 Å². The first-order valence-corrected chi connectivity index (χ1v) is 12.3. The molecular formula is C23H18N4O3S3. The largest absolute Gasteiger partial charge is 0.477 e. The molecule has 0 aliphatic carbocycles. The fourth-order valence-corrected chi connectivity index (χ4v) is 6.07. The van der Waals surface area contributed by atoms with E-state index in [0.717, 1.165) is 37.7 Å². The maximum Gasteiger partial charge on any atom is 0.348 e. The van der Waals surface area contributed by atoms with Gasteiger partial charge in [0.1, 0.15) is 10.4 Å². The van der Waals surface area contributed by atoms with Crippen LogP contribution in [-0.4, -0.2) is 36.5 Å². The smallest absolute Gasteiger partial charge is 0.348 e. The number of nitrogens with one attached hydrogen (secondary N) is 1. The predicted molar refractivity (Wildman–Crippen MR) is 133 cm³/mol. The highest BCUT2D eigenvalue weighted by Crippen LogP contribution is 2.38. The molecule has 0 saturated carbocycles. The summed E-state index contributed by atoms with van der Waals surface area (Å²) in [6, 6.07) is 16.1. The molecule has 0 atom stereocenters. The number of benzene rings is 2. The summed E-state index contributed by atoms with van der Waals surface area (Å²) in [4.78, 5) is 21.1. The van der Waals surface area contributed by atoms with Crippen LogP contribution < -0.4 is 0 Å². The number of thiophene rings is 1. The number of carboxylic acid groups (broad SMARTS) is 1. The first-order chi connectivity index (χ1) is 16.0. The van der Waals surface area contributed by atoms with Crippen molar-refractivity contribution in [2.75, 3.05) is 5.75 Å². The maximum absolute atomic E-state index is 11.8. The summed E-state index contributed by atoms with van der Waals surface area (Å²) in [6.07, 6.45) is 1.72. The molecule has 0 radical (unpaired) electrons. The van der Waals surface area contributed by atoms with E-state index in [9.17, 15) is 9.90 Å². The number of aromatic nitrogens is 4. The Morgan fingerprint density at radius 3 is 2.64 bits per heavy atom. The van der Waals surface area contributed by atoms with Gasteiger partial charge in [-0.25, -0.2) is 14.9 Å². The Kier molecular flexibility index (Phi) is 5.88. The number of carboxylic acids is 1. The van der Waals surface area contributed by atoms with Gasteiger partial charge >= 0.3 is 10.8 Å². The number of rotatable bonds is 7. The lowest BCUT2D eigenvalue weighted by Gasteiger charge is -2.09. The third kappa shape index (κ3) is 4.12. The Balaban J connectivity index is 1.47. The van der Waals surface area contributed by atoms with Crippen LogP contribution in [0.25, 0.3) is 33.5 Å². The van der Waals surface area contributed by atoms with E-state index in [1.165, 1.54) is 11.3 Å². The number of nitrogens with zero attached hydrogens (tertiary/aromatic N) is 3. The van der Waals surface area contributed by atoms with Crippen molar-refractivity contribution in [1.29, 1.82) is 0 Å². The van der Waals surface area contributed by atoms with Gasteiger partial charge < -0.3 is 14.2 Å². The lowest BCUT2D eigenvalue weighted by molar-refractivity contribution is 0.0703. The van der Waals surface area contributed by atoms with Gasteiger partial charge in [0.25, 0.3) is 0 Å². The van der Waals surface area contributed by atoms with Crippen molar-refractivity contribution < 1.29 is 14.4 Å². The molecule has 0 aliphatic heterocycles. The normalized spacial score (nSPS) is 11.3. The molecule has 3 aromatic heterocycles. The molecule has 0 saturated heterocycles. The molecule has 0 fully saturated rings. The third-order valence-electron chi connectivity index (χ3n) is 5.15. The van der Waals surface area contributed by atoms with Crippen LogP contribution >= 0.6 is 35.3 Å². The molecule has 2 aromatic carbocycles. The van der Waals surface area contributed by atoms with Crippen LogP contribution in [0.4, 0.5) is 0 Å². The number of H-pyrrole nitrogens is 1. The number of carbonyl (C=O) groups is 1. The average Bonchev–Trinajstić information content (AvgIpc) is 3.52. The second-order valence-corrected chi connectivity index (χ2v) is 10.1. The molecule has 3 heterocycles. The molecule has 5 rings (SSSR count). The monoisotopic (exact) mass is 494 g/mol. The first-order valence-electron chi connectivity index (χ1n) is 10.1. The van der Waals surface area contributed by atoms with Gasteiger partial charge in [-0.05, 0) is 34.7 Å². The highest BCUT2D eigenvalue weighted by molar-refractivity contribution is 8.01. The summed E-state index contributed by atoms with van der Waals surface area (Å²) in [5, 5.41) is 12.5. The zero-order chi connectivity index (χ0) is 22.9. The lowest BCUT2D eigenvalue weighted by Crippen LogP contribution is -2.01. The van der Waals surface area contributed by atoms with Crippen LogP contribution in [0.1, 0.15) is 22.2 Å². The molecule has 10 heteroatoms. The number of aromatic amines is 1. The van der Waals surface area contributed by atoms with Crippen LogP contribution in [0, 0.1) is 4.84 Å². The fraction of sp³-hybridized carbons (Fsp3) is 0.130. The second-order valence-electron chi connectivity index (χ2n) is 7.20. The lowest BCUT2D eigenvalue weighted by atomic mass is 9.98. The number of hydrogen-bond acceptors (Lipinski definition) is 7. The van der Waals surface area contributed by atoms with E-state index in [2.05, 4.69) is 15.1 Å². The van der Waals surface area contributed by atoms with E-state index in [-0.39, 0.29) is 4.84 Å². The van der Waals surface area contributed by atoms with Crippen molar-refractivity contribution in [3.8, 4) is 22.5 Å². The summed E-state index contributed by atoms with van der Waals surface area (Å²) in [5.74, 6) is 0.526. The minimum Gasteiger partial charge on any atom is -0.477 e. The summed E-state index contributed by atoms with van der Waals surface area (Å²) < 4.78 is 7.95. The topological polar surface area (TPSA) is 96.9 Å². The van der Waals surface area contributed by atoms with Crippen LogP contribution in [-0.2, 0) is 6.54 Å². The van der Waals surface area contributed by atoms with Crippen LogP contribution in [0.5, 0.6) is 0 Å². The Morgan fingerprint density at radius 2 is 1.97 bits per heavy atom. The molecule has 0 amide bonds. The SMILES string of the molecule is CCSc1sc(C(=O)O)c2c1ncn2Cc1ccc(-c2ccccc2-c2nc(=S)o[nH]2)cc1. The second kappa shape index (κ2) is 8.97. The van der Waals surface area contributed by atoms with Gasteiger partial charge in [0.2, 0.25) is 0 Å². The molecular weight excluding hydrogens is 476 g/mol. The van der Waals surface area contributed by atoms with Crippen molar-refractivity contribution >= 4 is 52.3 Å². The average molecular weight is 495 g/mol. The third-order valence-corrected chi connectivity index (χ3v) is 7.62. The number of aromatic carboxylic acids is 1. The van der Waals surface area contributed by atoms with Gasteiger partial charge in [-0.3, -0.25) is 0 Å². The van der Waals surface area contributed by atoms with Gasteiger partial charge in [0, 0.05) is 12.1 Å². The van der Waals surface area contributed by atoms with E-state index in [0.29, 0.717) is 22.8 Å². The van der Waals surface area contributed by atoms with Gasteiger partial charge in [-0.2, -0.15) is 4.98 Å². The predicted octanol–water partition coefficient (Wildman–Crippen LogP) is 6.34.